The fourth-order valence-electron chi connectivity index (χ4n) is 7.01. The maximum Gasteiger partial charge on any atom is 0.258 e. The molecule has 6 N–H and O–H groups in total. The quantitative estimate of drug-likeness (QED) is 0.0917. The van der Waals surface area contributed by atoms with Crippen LogP contribution in [0.5, 0.6) is 11.5 Å². The van der Waals surface area contributed by atoms with Gasteiger partial charge in [-0.15, -0.1) is 11.3 Å². The van der Waals surface area contributed by atoms with E-state index < -0.39 is 12.1 Å². The van der Waals surface area contributed by atoms with Crippen LogP contribution < -0.4 is 30.7 Å². The summed E-state index contributed by atoms with van der Waals surface area (Å²) in [5.41, 5.74) is 6.21. The van der Waals surface area contributed by atoms with Crippen LogP contribution in [0.25, 0.3) is 10.4 Å². The van der Waals surface area contributed by atoms with Gasteiger partial charge in [0.2, 0.25) is 11.8 Å². The second kappa shape index (κ2) is 20.9. The van der Waals surface area contributed by atoms with Gasteiger partial charge >= 0.3 is 0 Å². The molecule has 316 valence electrons. The highest BCUT2D eigenvalue weighted by atomic mass is 32.1. The molecule has 1 aliphatic heterocycles. The fraction of sp³-hybridized carbons (Fsp3) is 0.548. The van der Waals surface area contributed by atoms with E-state index in [0.717, 1.165) is 34.5 Å². The first-order valence-corrected chi connectivity index (χ1v) is 20.7. The summed E-state index contributed by atoms with van der Waals surface area (Å²) in [6.07, 6.45) is 1.53. The molecule has 5 rings (SSSR count). The lowest BCUT2D eigenvalue weighted by Crippen LogP contribution is -2.46. The number of aromatic nitrogens is 1. The van der Waals surface area contributed by atoms with Crippen LogP contribution in [0.1, 0.15) is 75.4 Å². The molecule has 2 aliphatic rings. The third kappa shape index (κ3) is 12.9. The van der Waals surface area contributed by atoms with E-state index in [9.17, 15) is 29.4 Å². The van der Waals surface area contributed by atoms with E-state index in [4.69, 9.17) is 14.2 Å². The lowest BCUT2D eigenvalue weighted by Gasteiger charge is -2.27. The number of rotatable bonds is 20. The lowest BCUT2D eigenvalue weighted by atomic mass is 9.91. The monoisotopic (exact) mass is 822 g/mol. The number of benzene rings is 2. The summed E-state index contributed by atoms with van der Waals surface area (Å²) in [7, 11) is 0. The molecule has 4 amide bonds. The lowest BCUT2D eigenvalue weighted by molar-refractivity contribution is -0.140. The maximum absolute atomic E-state index is 13.3. The Morgan fingerprint density at radius 2 is 1.72 bits per heavy atom. The van der Waals surface area contributed by atoms with E-state index in [2.05, 4.69) is 26.3 Å². The van der Waals surface area contributed by atoms with E-state index in [1.807, 2.05) is 71.0 Å². The third-order valence-electron chi connectivity index (χ3n) is 9.93. The van der Waals surface area contributed by atoms with Gasteiger partial charge in [-0.1, -0.05) is 39.0 Å². The van der Waals surface area contributed by atoms with Crippen LogP contribution in [0.15, 0.2) is 41.9 Å². The molecule has 2 aromatic carbocycles. The van der Waals surface area contributed by atoms with Crippen molar-refractivity contribution in [2.24, 2.45) is 5.41 Å². The molecule has 0 spiro atoms. The van der Waals surface area contributed by atoms with Crippen molar-refractivity contribution in [3.63, 3.8) is 0 Å². The second-order valence-electron chi connectivity index (χ2n) is 16.1. The first-order valence-electron chi connectivity index (χ1n) is 19.9. The van der Waals surface area contributed by atoms with Gasteiger partial charge in [-0.3, -0.25) is 19.2 Å². The highest BCUT2D eigenvalue weighted by molar-refractivity contribution is 7.13. The Kier molecular flexibility index (Phi) is 16.0. The molecule has 0 radical (unpaired) electrons. The maximum atomic E-state index is 13.3. The van der Waals surface area contributed by atoms with E-state index in [0.29, 0.717) is 17.1 Å². The number of aryl methyl sites for hydroxylation is 2. The number of likely N-dealkylation sites (tertiary alicyclic amines) is 1. The molecular weight excluding hydrogens is 765 g/mol. The molecule has 3 aromatic rings. The molecule has 58 heavy (non-hydrogen) atoms. The third-order valence-corrected chi connectivity index (χ3v) is 10.9. The summed E-state index contributed by atoms with van der Waals surface area (Å²) in [5, 5.41) is 31.6. The standard InChI is InChI=1S/C42H58N6O9S/c1-26(22-49)47-34-11-9-28-8-10-32(18-33(28)34)56-23-37(51)43-12-14-55-15-13-44-38(52)24-57-36-16-29(40-27(2)46-25-58-40)6-7-30(36)20-45-41(54)35-17-31(50)21-48(35)39(53)19-42(3,4)5/h6-8,10,16,18,25-26,31,34-35,47,49-50H,9,11-15,17,19-24H2,1-5H3,(H,43,51)(H,44,52)(H,45,54)/t26?,31?,34-,35+/m1/s1. The van der Waals surface area contributed by atoms with Crippen molar-refractivity contribution in [1.29, 1.82) is 0 Å². The highest BCUT2D eigenvalue weighted by Crippen LogP contribution is 2.35. The molecule has 4 atom stereocenters. The minimum Gasteiger partial charge on any atom is -0.484 e. The Hall–Kier alpha value is -4.61. The summed E-state index contributed by atoms with van der Waals surface area (Å²) in [4.78, 5) is 58.2. The number of hydrogen-bond acceptors (Lipinski definition) is 12. The van der Waals surface area contributed by atoms with Gasteiger partial charge in [0, 0.05) is 56.7 Å². The van der Waals surface area contributed by atoms with Gasteiger partial charge in [0.25, 0.3) is 11.8 Å². The predicted molar refractivity (Wildman–Crippen MR) is 219 cm³/mol. The largest absolute Gasteiger partial charge is 0.484 e. The van der Waals surface area contributed by atoms with Gasteiger partial charge in [0.1, 0.15) is 17.5 Å². The SMILES string of the molecule is Cc1ncsc1-c1ccc(CNC(=O)[C@@H]2CC(O)CN2C(=O)CC(C)(C)C)c(OCC(=O)NCCOCCNC(=O)COc2ccc3c(c2)[C@H](NC(C)CO)CC3)c1. The van der Waals surface area contributed by atoms with Crippen LogP contribution in [0.2, 0.25) is 0 Å². The van der Waals surface area contributed by atoms with Crippen LogP contribution >= 0.6 is 11.3 Å². The molecule has 0 saturated carbocycles. The fourth-order valence-corrected chi connectivity index (χ4v) is 7.81. The van der Waals surface area contributed by atoms with E-state index in [-0.39, 0.29) is 113 Å². The Morgan fingerprint density at radius 1 is 1.00 bits per heavy atom. The van der Waals surface area contributed by atoms with E-state index in [1.54, 1.807) is 5.51 Å². The Labute approximate surface area is 344 Å². The summed E-state index contributed by atoms with van der Waals surface area (Å²) >= 11 is 1.48. The highest BCUT2D eigenvalue weighted by Gasteiger charge is 2.39. The second-order valence-corrected chi connectivity index (χ2v) is 16.9. The van der Waals surface area contributed by atoms with Gasteiger partial charge in [0.15, 0.2) is 13.2 Å². The number of fused-ring (bicyclic) bond motifs is 1. The normalized spacial score (nSPS) is 18.1. The first-order chi connectivity index (χ1) is 27.7. The van der Waals surface area contributed by atoms with Crippen LogP contribution in [0, 0.1) is 12.3 Å². The van der Waals surface area contributed by atoms with Crippen molar-refractivity contribution in [3.05, 3.63) is 64.3 Å². The number of thiazole rings is 1. The van der Waals surface area contributed by atoms with Gasteiger partial charge in [-0.05, 0) is 67.0 Å². The number of aliphatic hydroxyl groups is 2. The number of carbonyl (C=O) groups is 4. The molecule has 1 saturated heterocycles. The van der Waals surface area contributed by atoms with Crippen molar-refractivity contribution >= 4 is 35.0 Å². The zero-order valence-electron chi connectivity index (χ0n) is 34.1. The number of aliphatic hydroxyl groups excluding tert-OH is 2. The average molecular weight is 823 g/mol. The number of nitrogens with zero attached hydrogens (tertiary/aromatic N) is 2. The van der Waals surface area contributed by atoms with Gasteiger partial charge < -0.3 is 50.6 Å². The number of nitrogens with one attached hydrogen (secondary N) is 4. The summed E-state index contributed by atoms with van der Waals surface area (Å²) in [5.74, 6) is -0.173. The number of ether oxygens (including phenoxy) is 3. The minimum atomic E-state index is -0.786. The Bertz CT molecular complexity index is 1880. The van der Waals surface area contributed by atoms with Gasteiger partial charge in [-0.2, -0.15) is 0 Å². The smallest absolute Gasteiger partial charge is 0.258 e. The molecular formula is C42H58N6O9S. The zero-order valence-corrected chi connectivity index (χ0v) is 34.9. The minimum absolute atomic E-state index is 0.0134. The molecule has 2 heterocycles. The van der Waals surface area contributed by atoms with Crippen LogP contribution in [0.4, 0.5) is 0 Å². The van der Waals surface area contributed by atoms with E-state index in [1.165, 1.54) is 21.8 Å². The topological polar surface area (TPSA) is 201 Å². The van der Waals surface area contributed by atoms with Crippen molar-refractivity contribution in [2.75, 3.05) is 52.7 Å². The Morgan fingerprint density at radius 3 is 2.40 bits per heavy atom. The molecule has 2 unspecified atom stereocenters. The van der Waals surface area contributed by atoms with Crippen molar-refractivity contribution in [1.82, 2.24) is 31.2 Å². The first kappa shape index (κ1) is 44.5. The predicted octanol–water partition coefficient (Wildman–Crippen LogP) is 2.80. The van der Waals surface area contributed by atoms with E-state index >= 15 is 0 Å². The molecule has 1 fully saturated rings. The van der Waals surface area contributed by atoms with Crippen LogP contribution in [-0.2, 0) is 36.9 Å². The summed E-state index contributed by atoms with van der Waals surface area (Å²) in [6, 6.07) is 10.7. The molecule has 0 bridgehead atoms. The number of amides is 4. The van der Waals surface area contributed by atoms with Crippen LogP contribution in [0.3, 0.4) is 0 Å². The summed E-state index contributed by atoms with van der Waals surface area (Å²) < 4.78 is 17.3. The van der Waals surface area contributed by atoms with Gasteiger partial charge in [0.05, 0.1) is 42.0 Å². The van der Waals surface area contributed by atoms with Crippen molar-refractivity contribution < 1.29 is 43.6 Å². The van der Waals surface area contributed by atoms with Crippen LogP contribution in [-0.4, -0.2) is 115 Å². The van der Waals surface area contributed by atoms with Crippen molar-refractivity contribution in [3.8, 4) is 21.9 Å². The number of β-amino-alcohol motifs (C(OH)–C–C–N with tert-alkyl or cyclic N) is 1. The number of hydrogen-bond donors (Lipinski definition) is 6. The number of carbonyl (C=O) groups excluding carboxylic acids is 4. The molecule has 1 aromatic heterocycles. The zero-order chi connectivity index (χ0) is 41.8. The average Bonchev–Trinajstić information content (AvgIpc) is 3.92. The molecule has 15 nitrogen and oxygen atoms in total. The molecule has 1 aliphatic carbocycles. The molecule has 16 heteroatoms. The summed E-state index contributed by atoms with van der Waals surface area (Å²) in [6.45, 7) is 10.5. The Balaban J connectivity index is 1.03. The van der Waals surface area contributed by atoms with Crippen molar-refractivity contribution in [2.45, 2.75) is 91.1 Å². The van der Waals surface area contributed by atoms with Gasteiger partial charge in [-0.25, -0.2) is 4.98 Å².